The van der Waals surface area contributed by atoms with Crippen LogP contribution in [0.25, 0.3) is 22.5 Å². The first kappa shape index (κ1) is 33.8. The number of amidine groups is 1. The van der Waals surface area contributed by atoms with E-state index in [9.17, 15) is 4.79 Å². The Morgan fingerprint density at radius 1 is 0.927 bits per heavy atom. The Labute approximate surface area is 247 Å². The molecule has 1 amide bonds. The first-order valence-corrected chi connectivity index (χ1v) is 15.4. The maximum atomic E-state index is 13.4. The molecule has 1 aliphatic carbocycles. The van der Waals surface area contributed by atoms with E-state index in [4.69, 9.17) is 9.73 Å². The van der Waals surface area contributed by atoms with E-state index in [0.29, 0.717) is 19.0 Å². The molecule has 1 saturated carbocycles. The molecule has 2 heterocycles. The normalized spacial score (nSPS) is 14.9. The fraction of sp³-hybridized carbons (Fsp3) is 0.545. The van der Waals surface area contributed by atoms with Gasteiger partial charge in [-0.05, 0) is 41.2 Å². The number of H-pyrrole nitrogens is 1. The number of ether oxygens (including phenoxy) is 1. The van der Waals surface area contributed by atoms with Crippen LogP contribution >= 0.6 is 0 Å². The van der Waals surface area contributed by atoms with Crippen LogP contribution in [0.4, 0.5) is 0 Å². The number of hydrogen-bond donors (Lipinski definition) is 1. The summed E-state index contributed by atoms with van der Waals surface area (Å²) in [6.07, 6.45) is 8.13. The van der Waals surface area contributed by atoms with E-state index in [2.05, 4.69) is 64.8 Å². The van der Waals surface area contributed by atoms with Crippen LogP contribution in [-0.2, 0) is 16.1 Å². The SMILES string of the molecule is CC.CC.CCCC.COCCCC1=NC2(CCCC2)C(=O)N1Cc1ccc(-c2ccccc2-c2nn[nH]n2)cc1. The van der Waals surface area contributed by atoms with Gasteiger partial charge in [-0.25, -0.2) is 0 Å². The van der Waals surface area contributed by atoms with Crippen molar-refractivity contribution >= 4 is 11.7 Å². The van der Waals surface area contributed by atoms with Crippen molar-refractivity contribution < 1.29 is 9.53 Å². The summed E-state index contributed by atoms with van der Waals surface area (Å²) in [6, 6.07) is 16.3. The van der Waals surface area contributed by atoms with Crippen molar-refractivity contribution in [2.24, 2.45) is 4.99 Å². The number of aliphatic imine (C=N–C) groups is 1. The average molecular weight is 563 g/mol. The minimum Gasteiger partial charge on any atom is -0.385 e. The minimum atomic E-state index is -0.522. The number of hydrogen-bond acceptors (Lipinski definition) is 6. The number of carbonyl (C=O) groups excluding carboxylic acids is 1. The number of amides is 1. The molecule has 0 unspecified atom stereocenters. The predicted octanol–water partition coefficient (Wildman–Crippen LogP) is 7.87. The number of benzene rings is 2. The summed E-state index contributed by atoms with van der Waals surface area (Å²) in [6.45, 7) is 13.6. The molecule has 8 nitrogen and oxygen atoms in total. The fourth-order valence-corrected chi connectivity index (χ4v) is 4.92. The zero-order valence-electron chi connectivity index (χ0n) is 26.2. The zero-order valence-corrected chi connectivity index (χ0v) is 26.2. The topological polar surface area (TPSA) is 96.4 Å². The van der Waals surface area contributed by atoms with Gasteiger partial charge in [-0.2, -0.15) is 5.21 Å². The fourth-order valence-electron chi connectivity index (χ4n) is 4.92. The second-order valence-electron chi connectivity index (χ2n) is 9.73. The highest BCUT2D eigenvalue weighted by Crippen LogP contribution is 2.40. The van der Waals surface area contributed by atoms with E-state index in [1.807, 2.05) is 50.8 Å². The van der Waals surface area contributed by atoms with Gasteiger partial charge >= 0.3 is 0 Å². The van der Waals surface area contributed by atoms with Crippen molar-refractivity contribution in [3.8, 4) is 22.5 Å². The molecule has 2 aromatic carbocycles. The lowest BCUT2D eigenvalue weighted by molar-refractivity contribution is -0.131. The van der Waals surface area contributed by atoms with Crippen LogP contribution in [0, 0.1) is 0 Å². The quantitative estimate of drug-likeness (QED) is 0.268. The van der Waals surface area contributed by atoms with E-state index in [1.54, 1.807) is 7.11 Å². The van der Waals surface area contributed by atoms with Crippen molar-refractivity contribution in [1.29, 1.82) is 0 Å². The number of unbranched alkanes of at least 4 members (excludes halogenated alkanes) is 1. The van der Waals surface area contributed by atoms with Crippen LogP contribution < -0.4 is 0 Å². The largest absolute Gasteiger partial charge is 0.385 e. The third-order valence-corrected chi connectivity index (χ3v) is 7.10. The molecule has 1 N–H and O–H groups in total. The van der Waals surface area contributed by atoms with E-state index in [1.165, 1.54) is 12.8 Å². The number of carbonyl (C=O) groups is 1. The number of nitrogens with zero attached hydrogens (tertiary/aromatic N) is 5. The van der Waals surface area contributed by atoms with Gasteiger partial charge in [0.1, 0.15) is 11.4 Å². The van der Waals surface area contributed by atoms with E-state index in [0.717, 1.165) is 66.6 Å². The first-order valence-electron chi connectivity index (χ1n) is 15.4. The van der Waals surface area contributed by atoms with Gasteiger partial charge in [-0.3, -0.25) is 14.7 Å². The van der Waals surface area contributed by atoms with Gasteiger partial charge in [-0.15, -0.1) is 10.2 Å². The third-order valence-electron chi connectivity index (χ3n) is 7.10. The second kappa shape index (κ2) is 18.1. The molecule has 1 fully saturated rings. The van der Waals surface area contributed by atoms with Crippen LogP contribution in [0.1, 0.15) is 98.5 Å². The Bertz CT molecular complexity index is 1170. The van der Waals surface area contributed by atoms with Crippen LogP contribution in [-0.4, -0.2) is 56.5 Å². The van der Waals surface area contributed by atoms with Crippen LogP contribution in [0.2, 0.25) is 0 Å². The first-order chi connectivity index (χ1) is 20.1. The predicted molar refractivity (Wildman–Crippen MR) is 169 cm³/mol. The Morgan fingerprint density at radius 2 is 1.56 bits per heavy atom. The number of tetrazole rings is 1. The molecular formula is C33H50N6O2. The van der Waals surface area contributed by atoms with Gasteiger partial charge in [0.25, 0.3) is 5.91 Å². The Kier molecular flexibility index (Phi) is 14.9. The maximum absolute atomic E-state index is 13.4. The van der Waals surface area contributed by atoms with Crippen LogP contribution in [0.5, 0.6) is 0 Å². The molecule has 224 valence electrons. The Morgan fingerprint density at radius 3 is 2.12 bits per heavy atom. The molecule has 1 aromatic heterocycles. The number of aromatic amines is 1. The van der Waals surface area contributed by atoms with Crippen molar-refractivity contribution in [2.75, 3.05) is 13.7 Å². The number of nitrogens with one attached hydrogen (secondary N) is 1. The summed E-state index contributed by atoms with van der Waals surface area (Å²) in [4.78, 5) is 20.3. The molecule has 2 aliphatic rings. The smallest absolute Gasteiger partial charge is 0.256 e. The van der Waals surface area contributed by atoms with Gasteiger partial charge in [0.15, 0.2) is 0 Å². The second-order valence-corrected chi connectivity index (χ2v) is 9.73. The minimum absolute atomic E-state index is 0.166. The molecule has 41 heavy (non-hydrogen) atoms. The summed E-state index contributed by atoms with van der Waals surface area (Å²) < 4.78 is 5.22. The molecular weight excluding hydrogens is 512 g/mol. The lowest BCUT2D eigenvalue weighted by Gasteiger charge is -2.23. The monoisotopic (exact) mass is 562 g/mol. The maximum Gasteiger partial charge on any atom is 0.256 e. The van der Waals surface area contributed by atoms with E-state index >= 15 is 0 Å². The lowest BCUT2D eigenvalue weighted by atomic mass is 9.97. The standard InChI is InChI=1S/C25H28N6O2.C4H10.2C2H6/c1-33-16-6-9-22-26-25(14-4-5-15-25)24(32)31(22)17-18-10-12-19(13-11-18)20-7-2-3-8-21(20)23-27-29-30-28-23;1-3-4-2;2*1-2/h2-3,7-8,10-13H,4-6,9,14-17H2,1H3,(H,27,28,29,30);3-4H2,1-2H3;2*1-2H3. The molecule has 0 radical (unpaired) electrons. The molecule has 5 rings (SSSR count). The lowest BCUT2D eigenvalue weighted by Crippen LogP contribution is -2.40. The van der Waals surface area contributed by atoms with Crippen molar-refractivity contribution in [3.63, 3.8) is 0 Å². The highest BCUT2D eigenvalue weighted by Gasteiger charge is 2.49. The van der Waals surface area contributed by atoms with Gasteiger partial charge < -0.3 is 4.74 Å². The number of methoxy groups -OCH3 is 1. The number of aromatic nitrogens is 4. The Hall–Kier alpha value is -3.39. The van der Waals surface area contributed by atoms with Gasteiger partial charge in [0.2, 0.25) is 5.82 Å². The summed E-state index contributed by atoms with van der Waals surface area (Å²) in [5.41, 5.74) is 3.58. The Balaban J connectivity index is 0.000000666. The van der Waals surface area contributed by atoms with Crippen LogP contribution in [0.15, 0.2) is 53.5 Å². The number of rotatable bonds is 9. The van der Waals surface area contributed by atoms with Crippen LogP contribution in [0.3, 0.4) is 0 Å². The molecule has 0 atom stereocenters. The summed E-state index contributed by atoms with van der Waals surface area (Å²) in [5.74, 6) is 1.64. The third kappa shape index (κ3) is 8.80. The highest BCUT2D eigenvalue weighted by atomic mass is 16.5. The van der Waals surface area contributed by atoms with Gasteiger partial charge in [0, 0.05) is 25.7 Å². The van der Waals surface area contributed by atoms with Crippen molar-refractivity contribution in [2.45, 2.75) is 105 Å². The van der Waals surface area contributed by atoms with Crippen molar-refractivity contribution in [1.82, 2.24) is 25.5 Å². The molecule has 1 aliphatic heterocycles. The van der Waals surface area contributed by atoms with Crippen molar-refractivity contribution in [3.05, 3.63) is 54.1 Å². The molecule has 3 aromatic rings. The average Bonchev–Trinajstić information content (AvgIpc) is 3.80. The van der Waals surface area contributed by atoms with Gasteiger partial charge in [-0.1, -0.05) is 116 Å². The molecule has 1 spiro atoms. The molecule has 0 bridgehead atoms. The molecule has 0 saturated heterocycles. The van der Waals surface area contributed by atoms with E-state index in [-0.39, 0.29) is 5.91 Å². The van der Waals surface area contributed by atoms with E-state index < -0.39 is 5.54 Å². The zero-order chi connectivity index (χ0) is 30.1. The summed E-state index contributed by atoms with van der Waals surface area (Å²) >= 11 is 0. The summed E-state index contributed by atoms with van der Waals surface area (Å²) in [5, 5.41) is 14.5. The summed E-state index contributed by atoms with van der Waals surface area (Å²) in [7, 11) is 1.70. The highest BCUT2D eigenvalue weighted by molar-refractivity contribution is 6.08. The van der Waals surface area contributed by atoms with Gasteiger partial charge in [0.05, 0.1) is 6.54 Å². The molecule has 8 heteroatoms.